The summed E-state index contributed by atoms with van der Waals surface area (Å²) < 4.78 is 10.7. The molecule has 16 heavy (non-hydrogen) atoms. The normalized spacial score (nSPS) is 9.75. The maximum Gasteiger partial charge on any atom is 0.173 e. The van der Waals surface area contributed by atoms with Gasteiger partial charge in [-0.2, -0.15) is 0 Å². The van der Waals surface area contributed by atoms with Gasteiger partial charge in [0.05, 0.1) is 25.3 Å². The number of hydrogen-bond donors (Lipinski definition) is 0. The molecule has 0 spiro atoms. The third-order valence-electron chi connectivity index (χ3n) is 2.13. The van der Waals surface area contributed by atoms with Gasteiger partial charge in [-0.3, -0.25) is 9.59 Å². The number of carbonyl (C=O) groups excluding carboxylic acids is 2. The van der Waals surface area contributed by atoms with Gasteiger partial charge >= 0.3 is 0 Å². The largest absolute Gasteiger partial charge is 0.492 e. The first-order chi connectivity index (χ1) is 7.56. The van der Waals surface area contributed by atoms with Gasteiger partial charge < -0.3 is 9.47 Å². The number of ether oxygens (including phenoxy) is 2. The van der Waals surface area contributed by atoms with E-state index in [-0.39, 0.29) is 17.3 Å². The number of methoxy groups -OCH3 is 2. The average Bonchev–Trinajstić information content (AvgIpc) is 2.27. The van der Waals surface area contributed by atoms with Crippen LogP contribution in [0.25, 0.3) is 0 Å². The highest BCUT2D eigenvalue weighted by atomic mass is 79.9. The lowest BCUT2D eigenvalue weighted by Crippen LogP contribution is -2.03. The van der Waals surface area contributed by atoms with Crippen LogP contribution >= 0.6 is 15.9 Å². The average molecular weight is 287 g/mol. The molecule has 1 rings (SSSR count). The molecule has 0 saturated carbocycles. The topological polar surface area (TPSA) is 52.6 Å². The highest BCUT2D eigenvalue weighted by Gasteiger charge is 2.20. The Kier molecular flexibility index (Phi) is 4.06. The molecule has 0 heterocycles. The van der Waals surface area contributed by atoms with Gasteiger partial charge in [-0.1, -0.05) is 0 Å². The van der Waals surface area contributed by atoms with Crippen LogP contribution < -0.4 is 9.47 Å². The maximum absolute atomic E-state index is 11.4. The number of carbonyl (C=O) groups is 2. The summed E-state index contributed by atoms with van der Waals surface area (Å²) in [6.45, 7) is 1.42. The van der Waals surface area contributed by atoms with Crippen molar-refractivity contribution in [1.29, 1.82) is 0 Å². The minimum Gasteiger partial charge on any atom is -0.492 e. The number of hydrogen-bond acceptors (Lipinski definition) is 4. The lowest BCUT2D eigenvalue weighted by Gasteiger charge is -2.14. The number of aldehydes is 1. The van der Waals surface area contributed by atoms with Crippen molar-refractivity contribution in [1.82, 2.24) is 0 Å². The Bertz CT molecular complexity index is 440. The molecule has 0 aliphatic heterocycles. The number of rotatable bonds is 4. The first-order valence-electron chi connectivity index (χ1n) is 4.47. The van der Waals surface area contributed by atoms with Crippen LogP contribution in [0.15, 0.2) is 10.5 Å². The Morgan fingerprint density at radius 3 is 2.25 bits per heavy atom. The van der Waals surface area contributed by atoms with Gasteiger partial charge in [-0.05, 0) is 28.9 Å². The number of ketones is 1. The third kappa shape index (κ3) is 2.09. The quantitative estimate of drug-likeness (QED) is 0.630. The Hall–Kier alpha value is -1.36. The fourth-order valence-corrected chi connectivity index (χ4v) is 1.90. The zero-order valence-corrected chi connectivity index (χ0v) is 10.8. The van der Waals surface area contributed by atoms with E-state index in [1.54, 1.807) is 6.07 Å². The van der Waals surface area contributed by atoms with Gasteiger partial charge in [0.25, 0.3) is 0 Å². The van der Waals surface area contributed by atoms with E-state index in [0.717, 1.165) is 0 Å². The van der Waals surface area contributed by atoms with Crippen molar-refractivity contribution in [2.75, 3.05) is 14.2 Å². The van der Waals surface area contributed by atoms with Crippen molar-refractivity contribution < 1.29 is 19.1 Å². The number of benzene rings is 1. The van der Waals surface area contributed by atoms with E-state index in [0.29, 0.717) is 21.9 Å². The van der Waals surface area contributed by atoms with Crippen molar-refractivity contribution in [2.24, 2.45) is 0 Å². The van der Waals surface area contributed by atoms with Gasteiger partial charge in [-0.15, -0.1) is 0 Å². The van der Waals surface area contributed by atoms with Crippen LogP contribution in [-0.4, -0.2) is 26.3 Å². The van der Waals surface area contributed by atoms with Crippen LogP contribution in [0.4, 0.5) is 0 Å². The number of halogens is 1. The van der Waals surface area contributed by atoms with Crippen molar-refractivity contribution >= 4 is 28.0 Å². The molecule has 0 amide bonds. The molecule has 1 aromatic rings. The number of Topliss-reactive ketones (excluding diaryl/α,β-unsaturated/α-hetero) is 1. The molecule has 4 nitrogen and oxygen atoms in total. The van der Waals surface area contributed by atoms with Gasteiger partial charge in [0, 0.05) is 4.47 Å². The van der Waals surface area contributed by atoms with E-state index in [4.69, 9.17) is 9.47 Å². The summed E-state index contributed by atoms with van der Waals surface area (Å²) in [7, 11) is 2.84. The molecule has 0 bridgehead atoms. The zero-order chi connectivity index (χ0) is 12.3. The van der Waals surface area contributed by atoms with Crippen molar-refractivity contribution in [2.45, 2.75) is 6.92 Å². The van der Waals surface area contributed by atoms with Gasteiger partial charge in [0.1, 0.15) is 0 Å². The SMILES string of the molecule is COc1c(C(C)=O)cc(Br)c(C=O)c1OC. The van der Waals surface area contributed by atoms with Crippen molar-refractivity contribution in [3.05, 3.63) is 21.7 Å². The Labute approximate surface area is 102 Å². The molecule has 0 aliphatic carbocycles. The second kappa shape index (κ2) is 5.12. The highest BCUT2D eigenvalue weighted by Crippen LogP contribution is 2.38. The molecule has 5 heteroatoms. The molecular formula is C11H11BrO4. The molecule has 0 atom stereocenters. The molecular weight excluding hydrogens is 276 g/mol. The Morgan fingerprint density at radius 2 is 1.88 bits per heavy atom. The minimum absolute atomic E-state index is 0.159. The molecule has 0 N–H and O–H groups in total. The van der Waals surface area contributed by atoms with Crippen LogP contribution in [0, 0.1) is 0 Å². The smallest absolute Gasteiger partial charge is 0.173 e. The minimum atomic E-state index is -0.159. The van der Waals surface area contributed by atoms with Crippen LogP contribution in [0.3, 0.4) is 0 Å². The van der Waals surface area contributed by atoms with Crippen molar-refractivity contribution in [3.63, 3.8) is 0 Å². The lowest BCUT2D eigenvalue weighted by molar-refractivity contribution is 0.101. The Balaban J connectivity index is 3.63. The van der Waals surface area contributed by atoms with Crippen LogP contribution in [-0.2, 0) is 0 Å². The Morgan fingerprint density at radius 1 is 1.31 bits per heavy atom. The summed E-state index contributed by atoms with van der Waals surface area (Å²) in [5, 5.41) is 0. The van der Waals surface area contributed by atoms with Gasteiger partial charge in [0.2, 0.25) is 0 Å². The summed E-state index contributed by atoms with van der Waals surface area (Å²) in [5.41, 5.74) is 0.696. The van der Waals surface area contributed by atoms with E-state index in [9.17, 15) is 9.59 Å². The highest BCUT2D eigenvalue weighted by molar-refractivity contribution is 9.10. The maximum atomic E-state index is 11.4. The molecule has 0 aromatic heterocycles. The third-order valence-corrected chi connectivity index (χ3v) is 2.79. The summed E-state index contributed by atoms with van der Waals surface area (Å²) in [4.78, 5) is 22.3. The van der Waals surface area contributed by atoms with Gasteiger partial charge in [-0.25, -0.2) is 0 Å². The van der Waals surface area contributed by atoms with Gasteiger partial charge in [0.15, 0.2) is 23.6 Å². The molecule has 0 unspecified atom stereocenters. The summed E-state index contributed by atoms with van der Waals surface area (Å²) in [5.74, 6) is 0.380. The van der Waals surface area contributed by atoms with E-state index >= 15 is 0 Å². The molecule has 1 aromatic carbocycles. The summed E-state index contributed by atoms with van der Waals surface area (Å²) in [6, 6.07) is 1.55. The predicted molar refractivity (Wildman–Crippen MR) is 62.6 cm³/mol. The second-order valence-electron chi connectivity index (χ2n) is 3.06. The van der Waals surface area contributed by atoms with E-state index in [2.05, 4.69) is 15.9 Å². The zero-order valence-electron chi connectivity index (χ0n) is 9.17. The first-order valence-corrected chi connectivity index (χ1v) is 5.26. The first kappa shape index (κ1) is 12.7. The molecule has 0 fully saturated rings. The lowest BCUT2D eigenvalue weighted by atomic mass is 10.1. The molecule has 0 saturated heterocycles. The summed E-state index contributed by atoms with van der Waals surface area (Å²) >= 11 is 3.21. The fourth-order valence-electron chi connectivity index (χ4n) is 1.40. The predicted octanol–water partition coefficient (Wildman–Crippen LogP) is 2.48. The summed E-state index contributed by atoms with van der Waals surface area (Å²) in [6.07, 6.45) is 0.648. The van der Waals surface area contributed by atoms with Crippen molar-refractivity contribution in [3.8, 4) is 11.5 Å². The monoisotopic (exact) mass is 286 g/mol. The molecule has 0 radical (unpaired) electrons. The van der Waals surface area contributed by atoms with Crippen LogP contribution in [0.5, 0.6) is 11.5 Å². The van der Waals surface area contributed by atoms with E-state index in [1.807, 2.05) is 0 Å². The second-order valence-corrected chi connectivity index (χ2v) is 3.91. The standard InChI is InChI=1S/C11H11BrO4/c1-6(14)7-4-9(12)8(5-13)11(16-3)10(7)15-2/h4-5H,1-3H3. The molecule has 86 valence electrons. The van der Waals surface area contributed by atoms with Crippen LogP contribution in [0.1, 0.15) is 27.6 Å². The fraction of sp³-hybridized carbons (Fsp3) is 0.273. The van der Waals surface area contributed by atoms with E-state index in [1.165, 1.54) is 21.1 Å². The van der Waals surface area contributed by atoms with Crippen LogP contribution in [0.2, 0.25) is 0 Å². The molecule has 0 aliphatic rings. The van der Waals surface area contributed by atoms with E-state index < -0.39 is 0 Å².